The summed E-state index contributed by atoms with van der Waals surface area (Å²) in [4.78, 5) is 27.9. The summed E-state index contributed by atoms with van der Waals surface area (Å²) >= 11 is 0. The SMILES string of the molecule is CCCCc1ccc(C(=O)N(CCC)CC(=O)Nc2cc(C(C)(C)C)nn2-c2ccccc2)cc1. The highest BCUT2D eigenvalue weighted by Gasteiger charge is 2.23. The number of hydrogen-bond acceptors (Lipinski definition) is 3. The van der Waals surface area contributed by atoms with Gasteiger partial charge in [0.25, 0.3) is 5.91 Å². The molecule has 2 amide bonds. The quantitative estimate of drug-likeness (QED) is 0.392. The van der Waals surface area contributed by atoms with Crippen LogP contribution in [0.25, 0.3) is 5.69 Å². The monoisotopic (exact) mass is 474 g/mol. The van der Waals surface area contributed by atoms with Crippen molar-refractivity contribution in [3.05, 3.63) is 77.5 Å². The molecule has 0 aliphatic carbocycles. The van der Waals surface area contributed by atoms with E-state index in [1.54, 1.807) is 9.58 Å². The Bertz CT molecular complexity index is 1110. The highest BCUT2D eigenvalue weighted by molar-refractivity contribution is 5.99. The molecule has 3 aromatic rings. The van der Waals surface area contributed by atoms with Gasteiger partial charge in [-0.05, 0) is 49.1 Å². The molecule has 186 valence electrons. The lowest BCUT2D eigenvalue weighted by atomic mass is 9.92. The Morgan fingerprint density at radius 3 is 2.26 bits per heavy atom. The van der Waals surface area contributed by atoms with Gasteiger partial charge in [0, 0.05) is 23.6 Å². The van der Waals surface area contributed by atoms with E-state index in [4.69, 9.17) is 5.10 Å². The summed E-state index contributed by atoms with van der Waals surface area (Å²) < 4.78 is 1.75. The minimum absolute atomic E-state index is 0.0188. The van der Waals surface area contributed by atoms with E-state index in [9.17, 15) is 9.59 Å². The summed E-state index contributed by atoms with van der Waals surface area (Å²) in [5.74, 6) is 0.218. The number of rotatable bonds is 10. The van der Waals surface area contributed by atoms with Crippen molar-refractivity contribution in [1.29, 1.82) is 0 Å². The number of unbranched alkanes of at least 4 members (excludes halogenated alkanes) is 1. The van der Waals surface area contributed by atoms with E-state index < -0.39 is 0 Å². The summed E-state index contributed by atoms with van der Waals surface area (Å²) in [7, 11) is 0. The van der Waals surface area contributed by atoms with Crippen molar-refractivity contribution >= 4 is 17.6 Å². The molecule has 0 fully saturated rings. The van der Waals surface area contributed by atoms with E-state index in [0.717, 1.165) is 37.1 Å². The smallest absolute Gasteiger partial charge is 0.254 e. The van der Waals surface area contributed by atoms with Crippen molar-refractivity contribution in [2.24, 2.45) is 0 Å². The largest absolute Gasteiger partial charge is 0.329 e. The molecule has 6 heteroatoms. The second-order valence-corrected chi connectivity index (χ2v) is 9.99. The van der Waals surface area contributed by atoms with Gasteiger partial charge in [-0.1, -0.05) is 71.4 Å². The lowest BCUT2D eigenvalue weighted by Gasteiger charge is -2.22. The zero-order valence-corrected chi connectivity index (χ0v) is 21.7. The van der Waals surface area contributed by atoms with Gasteiger partial charge in [0.15, 0.2) is 0 Å². The fourth-order valence-electron chi connectivity index (χ4n) is 3.86. The molecular formula is C29H38N4O2. The van der Waals surface area contributed by atoms with Crippen molar-refractivity contribution in [2.45, 2.75) is 65.7 Å². The topological polar surface area (TPSA) is 67.2 Å². The predicted octanol–water partition coefficient (Wildman–Crippen LogP) is 6.00. The molecule has 0 bridgehead atoms. The number of para-hydroxylation sites is 1. The summed E-state index contributed by atoms with van der Waals surface area (Å²) in [5.41, 5.74) is 3.40. The fourth-order valence-corrected chi connectivity index (χ4v) is 3.86. The standard InChI is InChI=1S/C29H38N4O2/c1-6-8-12-22-15-17-23(18-16-22)28(35)32(19-7-2)21-27(34)30-26-20-25(29(3,4)5)31-33(26)24-13-10-9-11-14-24/h9-11,13-18,20H,6-8,12,19,21H2,1-5H3,(H,30,34). The molecule has 0 aliphatic heterocycles. The third-order valence-corrected chi connectivity index (χ3v) is 5.88. The summed E-state index contributed by atoms with van der Waals surface area (Å²) in [5, 5.41) is 7.75. The van der Waals surface area contributed by atoms with Crippen molar-refractivity contribution in [3.8, 4) is 5.69 Å². The molecule has 3 rings (SSSR count). The maximum absolute atomic E-state index is 13.2. The number of aromatic nitrogens is 2. The Kier molecular flexibility index (Phi) is 8.85. The molecular weight excluding hydrogens is 436 g/mol. The van der Waals surface area contributed by atoms with Crippen LogP contribution in [0.3, 0.4) is 0 Å². The van der Waals surface area contributed by atoms with E-state index in [-0.39, 0.29) is 23.8 Å². The van der Waals surface area contributed by atoms with Crippen LogP contribution in [0.4, 0.5) is 5.82 Å². The molecule has 35 heavy (non-hydrogen) atoms. The molecule has 0 atom stereocenters. The van der Waals surface area contributed by atoms with E-state index in [1.807, 2.05) is 67.6 Å². The number of amides is 2. The minimum atomic E-state index is -0.246. The van der Waals surface area contributed by atoms with Gasteiger partial charge in [0.2, 0.25) is 5.91 Å². The number of carbonyl (C=O) groups excluding carboxylic acids is 2. The van der Waals surface area contributed by atoms with Gasteiger partial charge < -0.3 is 10.2 Å². The molecule has 6 nitrogen and oxygen atoms in total. The first kappa shape index (κ1) is 26.2. The number of nitrogens with one attached hydrogen (secondary N) is 1. The minimum Gasteiger partial charge on any atom is -0.329 e. The predicted molar refractivity (Wildman–Crippen MR) is 142 cm³/mol. The third-order valence-electron chi connectivity index (χ3n) is 5.88. The molecule has 1 aromatic heterocycles. The lowest BCUT2D eigenvalue weighted by molar-refractivity contribution is -0.116. The first-order valence-corrected chi connectivity index (χ1v) is 12.6. The van der Waals surface area contributed by atoms with Gasteiger partial charge in [-0.3, -0.25) is 9.59 Å². The Balaban J connectivity index is 1.77. The average Bonchev–Trinajstić information content (AvgIpc) is 3.27. The number of carbonyl (C=O) groups is 2. The van der Waals surface area contributed by atoms with Gasteiger partial charge in [0.1, 0.15) is 12.4 Å². The van der Waals surface area contributed by atoms with Crippen LogP contribution >= 0.6 is 0 Å². The number of aryl methyl sites for hydroxylation is 1. The summed E-state index contributed by atoms with van der Waals surface area (Å²) in [6, 6.07) is 19.4. The van der Waals surface area contributed by atoms with Gasteiger partial charge >= 0.3 is 0 Å². The second kappa shape index (κ2) is 11.8. The number of hydrogen-bond donors (Lipinski definition) is 1. The number of anilines is 1. The van der Waals surface area contributed by atoms with Gasteiger partial charge in [-0.2, -0.15) is 5.10 Å². The Morgan fingerprint density at radius 1 is 0.971 bits per heavy atom. The maximum atomic E-state index is 13.2. The second-order valence-electron chi connectivity index (χ2n) is 9.99. The van der Waals surface area contributed by atoms with Crippen LogP contribution in [0, 0.1) is 0 Å². The van der Waals surface area contributed by atoms with E-state index >= 15 is 0 Å². The third kappa shape index (κ3) is 7.04. The van der Waals surface area contributed by atoms with Crippen molar-refractivity contribution in [2.75, 3.05) is 18.4 Å². The molecule has 0 saturated heterocycles. The van der Waals surface area contributed by atoms with E-state index in [1.165, 1.54) is 5.56 Å². The zero-order chi connectivity index (χ0) is 25.4. The molecule has 0 saturated carbocycles. The van der Waals surface area contributed by atoms with Crippen LogP contribution in [0.1, 0.15) is 75.5 Å². The van der Waals surface area contributed by atoms with Crippen LogP contribution in [-0.4, -0.2) is 39.6 Å². The first-order chi connectivity index (χ1) is 16.7. The molecule has 2 aromatic carbocycles. The summed E-state index contributed by atoms with van der Waals surface area (Å²) in [6.07, 6.45) is 4.05. The van der Waals surface area contributed by atoms with Crippen molar-refractivity contribution < 1.29 is 9.59 Å². The molecule has 0 spiro atoms. The molecule has 0 unspecified atom stereocenters. The summed E-state index contributed by atoms with van der Waals surface area (Å²) in [6.45, 7) is 10.9. The van der Waals surface area contributed by atoms with E-state index in [0.29, 0.717) is 17.9 Å². The van der Waals surface area contributed by atoms with E-state index in [2.05, 4.69) is 33.0 Å². The number of nitrogens with zero attached hydrogens (tertiary/aromatic N) is 3. The fraction of sp³-hybridized carbons (Fsp3) is 0.414. The Morgan fingerprint density at radius 2 is 1.66 bits per heavy atom. The van der Waals surface area contributed by atoms with Crippen LogP contribution in [-0.2, 0) is 16.6 Å². The van der Waals surface area contributed by atoms with Gasteiger partial charge in [0.05, 0.1) is 11.4 Å². The van der Waals surface area contributed by atoms with Crippen LogP contribution in [0.2, 0.25) is 0 Å². The highest BCUT2D eigenvalue weighted by atomic mass is 16.2. The van der Waals surface area contributed by atoms with Crippen molar-refractivity contribution in [1.82, 2.24) is 14.7 Å². The molecule has 1 heterocycles. The zero-order valence-electron chi connectivity index (χ0n) is 21.7. The molecule has 0 radical (unpaired) electrons. The highest BCUT2D eigenvalue weighted by Crippen LogP contribution is 2.26. The normalized spacial score (nSPS) is 11.3. The Hall–Kier alpha value is -3.41. The lowest BCUT2D eigenvalue weighted by Crippen LogP contribution is -2.38. The average molecular weight is 475 g/mol. The first-order valence-electron chi connectivity index (χ1n) is 12.6. The van der Waals surface area contributed by atoms with Gasteiger partial charge in [-0.15, -0.1) is 0 Å². The molecule has 1 N–H and O–H groups in total. The van der Waals surface area contributed by atoms with Crippen LogP contribution < -0.4 is 5.32 Å². The van der Waals surface area contributed by atoms with Crippen LogP contribution in [0.15, 0.2) is 60.7 Å². The maximum Gasteiger partial charge on any atom is 0.254 e. The van der Waals surface area contributed by atoms with Crippen molar-refractivity contribution in [3.63, 3.8) is 0 Å². The number of benzene rings is 2. The van der Waals surface area contributed by atoms with Gasteiger partial charge in [-0.25, -0.2) is 4.68 Å². The van der Waals surface area contributed by atoms with Crippen LogP contribution in [0.5, 0.6) is 0 Å². The Labute approximate surface area is 209 Å². The molecule has 0 aliphatic rings.